The molecule has 84 valence electrons. The number of carbonyl (C=O) groups excluding carboxylic acids is 1. The molecule has 1 amide bonds. The Balaban J connectivity index is 3.34. The first-order valence-electron chi connectivity index (χ1n) is 5.19. The Morgan fingerprint density at radius 3 is 2.79 bits per heavy atom. The second-order valence-electron chi connectivity index (χ2n) is 3.36. The molecule has 1 atom stereocenters. The number of likely N-dealkylation sites (N-methyl/N-ethyl adjacent to an activating group) is 1. The standard InChI is InChI=1S/C10H22N2OS/c1-4-11-9(2)8-12-10(13)6-5-7-14-3/h9,11H,4-8H2,1-3H3,(H,12,13)/t9-/m1/s1. The van der Waals surface area contributed by atoms with Crippen molar-refractivity contribution in [3.8, 4) is 0 Å². The van der Waals surface area contributed by atoms with Crippen molar-refractivity contribution in [2.24, 2.45) is 0 Å². The third kappa shape index (κ3) is 8.38. The monoisotopic (exact) mass is 218 g/mol. The summed E-state index contributed by atoms with van der Waals surface area (Å²) in [5, 5.41) is 6.16. The van der Waals surface area contributed by atoms with E-state index in [0.29, 0.717) is 12.5 Å². The van der Waals surface area contributed by atoms with E-state index in [9.17, 15) is 4.79 Å². The summed E-state index contributed by atoms with van der Waals surface area (Å²) in [4.78, 5) is 11.3. The second kappa shape index (κ2) is 9.34. The number of amides is 1. The Morgan fingerprint density at radius 1 is 1.50 bits per heavy atom. The van der Waals surface area contributed by atoms with Gasteiger partial charge >= 0.3 is 0 Å². The number of carbonyl (C=O) groups is 1. The van der Waals surface area contributed by atoms with Crippen LogP contribution in [0, 0.1) is 0 Å². The van der Waals surface area contributed by atoms with Crippen LogP contribution in [-0.2, 0) is 4.79 Å². The molecule has 0 unspecified atom stereocenters. The van der Waals surface area contributed by atoms with Crippen LogP contribution >= 0.6 is 11.8 Å². The van der Waals surface area contributed by atoms with Crippen molar-refractivity contribution in [3.05, 3.63) is 0 Å². The van der Waals surface area contributed by atoms with Gasteiger partial charge in [0.1, 0.15) is 0 Å². The van der Waals surface area contributed by atoms with E-state index in [0.717, 1.165) is 25.3 Å². The van der Waals surface area contributed by atoms with Gasteiger partial charge in [-0.05, 0) is 31.9 Å². The summed E-state index contributed by atoms with van der Waals surface area (Å²) in [7, 11) is 0. The lowest BCUT2D eigenvalue weighted by Crippen LogP contribution is -2.38. The van der Waals surface area contributed by atoms with Crippen molar-refractivity contribution in [3.63, 3.8) is 0 Å². The first-order chi connectivity index (χ1) is 6.70. The Hall–Kier alpha value is -0.220. The van der Waals surface area contributed by atoms with E-state index >= 15 is 0 Å². The Morgan fingerprint density at radius 2 is 2.21 bits per heavy atom. The molecule has 3 nitrogen and oxygen atoms in total. The lowest BCUT2D eigenvalue weighted by atomic mass is 10.3. The van der Waals surface area contributed by atoms with Crippen molar-refractivity contribution in [2.45, 2.75) is 32.7 Å². The molecule has 0 aromatic rings. The van der Waals surface area contributed by atoms with E-state index in [-0.39, 0.29) is 5.91 Å². The van der Waals surface area contributed by atoms with E-state index in [2.05, 4.69) is 30.7 Å². The molecule has 0 heterocycles. The van der Waals surface area contributed by atoms with Gasteiger partial charge in [0.05, 0.1) is 0 Å². The van der Waals surface area contributed by atoms with Gasteiger partial charge in [-0.25, -0.2) is 0 Å². The van der Waals surface area contributed by atoms with Gasteiger partial charge in [0.2, 0.25) is 5.91 Å². The average molecular weight is 218 g/mol. The Labute approximate surface area is 91.4 Å². The molecule has 0 radical (unpaired) electrons. The van der Waals surface area contributed by atoms with E-state index in [1.807, 2.05) is 0 Å². The lowest BCUT2D eigenvalue weighted by molar-refractivity contribution is -0.121. The Kier molecular flexibility index (Phi) is 9.19. The third-order valence-corrected chi connectivity index (χ3v) is 2.61. The SMILES string of the molecule is CCN[C@H](C)CNC(=O)CCCSC. The van der Waals surface area contributed by atoms with Crippen LogP contribution in [0.25, 0.3) is 0 Å². The normalized spacial score (nSPS) is 12.5. The second-order valence-corrected chi connectivity index (χ2v) is 4.34. The molecule has 0 aromatic heterocycles. The summed E-state index contributed by atoms with van der Waals surface area (Å²) < 4.78 is 0. The molecule has 0 saturated heterocycles. The van der Waals surface area contributed by atoms with Crippen molar-refractivity contribution in [2.75, 3.05) is 25.1 Å². The minimum Gasteiger partial charge on any atom is -0.355 e. The van der Waals surface area contributed by atoms with Gasteiger partial charge in [-0.1, -0.05) is 6.92 Å². The van der Waals surface area contributed by atoms with E-state index in [1.54, 1.807) is 11.8 Å². The molecule has 4 heteroatoms. The summed E-state index contributed by atoms with van der Waals surface area (Å²) in [6.07, 6.45) is 3.69. The van der Waals surface area contributed by atoms with Crippen LogP contribution in [0.4, 0.5) is 0 Å². The summed E-state index contributed by atoms with van der Waals surface area (Å²) in [5.74, 6) is 1.24. The topological polar surface area (TPSA) is 41.1 Å². The molecule has 0 rings (SSSR count). The predicted octanol–water partition coefficient (Wildman–Crippen LogP) is 1.24. The van der Waals surface area contributed by atoms with Gasteiger partial charge in [0, 0.05) is 19.0 Å². The fourth-order valence-corrected chi connectivity index (χ4v) is 1.59. The smallest absolute Gasteiger partial charge is 0.220 e. The van der Waals surface area contributed by atoms with Gasteiger partial charge in [0.25, 0.3) is 0 Å². The van der Waals surface area contributed by atoms with Crippen molar-refractivity contribution in [1.82, 2.24) is 10.6 Å². The first-order valence-corrected chi connectivity index (χ1v) is 6.59. The first kappa shape index (κ1) is 13.8. The molecule has 0 fully saturated rings. The van der Waals surface area contributed by atoms with Crippen LogP contribution in [-0.4, -0.2) is 37.0 Å². The van der Waals surface area contributed by atoms with Gasteiger partial charge in [0.15, 0.2) is 0 Å². The minimum absolute atomic E-state index is 0.170. The van der Waals surface area contributed by atoms with Gasteiger partial charge < -0.3 is 10.6 Å². The minimum atomic E-state index is 0.170. The third-order valence-electron chi connectivity index (χ3n) is 1.91. The maximum Gasteiger partial charge on any atom is 0.220 e. The summed E-state index contributed by atoms with van der Waals surface area (Å²) in [5.41, 5.74) is 0. The molecule has 0 aromatic carbocycles. The Bertz CT molecular complexity index is 153. The average Bonchev–Trinajstić information content (AvgIpc) is 2.16. The van der Waals surface area contributed by atoms with Crippen molar-refractivity contribution >= 4 is 17.7 Å². The molecular weight excluding hydrogens is 196 g/mol. The van der Waals surface area contributed by atoms with Crippen molar-refractivity contribution in [1.29, 1.82) is 0 Å². The summed E-state index contributed by atoms with van der Waals surface area (Å²) in [6, 6.07) is 0.365. The fraction of sp³-hybridized carbons (Fsp3) is 0.900. The highest BCUT2D eigenvalue weighted by molar-refractivity contribution is 7.98. The number of hydrogen-bond acceptors (Lipinski definition) is 3. The zero-order chi connectivity index (χ0) is 10.8. The highest BCUT2D eigenvalue weighted by Crippen LogP contribution is 1.98. The molecule has 0 aliphatic carbocycles. The molecular formula is C10H22N2OS. The van der Waals surface area contributed by atoms with Crippen LogP contribution in [0.3, 0.4) is 0 Å². The van der Waals surface area contributed by atoms with Crippen LogP contribution in [0.2, 0.25) is 0 Å². The highest BCUT2D eigenvalue weighted by atomic mass is 32.2. The van der Waals surface area contributed by atoms with Gasteiger partial charge in [-0.15, -0.1) is 0 Å². The molecule has 2 N–H and O–H groups in total. The van der Waals surface area contributed by atoms with Gasteiger partial charge in [-0.2, -0.15) is 11.8 Å². The largest absolute Gasteiger partial charge is 0.355 e. The molecule has 0 saturated carbocycles. The lowest BCUT2D eigenvalue weighted by Gasteiger charge is -2.12. The maximum absolute atomic E-state index is 11.3. The zero-order valence-corrected chi connectivity index (χ0v) is 10.2. The number of rotatable bonds is 8. The summed E-state index contributed by atoms with van der Waals surface area (Å²) >= 11 is 1.78. The molecule has 0 bridgehead atoms. The molecule has 0 spiro atoms. The predicted molar refractivity (Wildman–Crippen MR) is 63.8 cm³/mol. The quantitative estimate of drug-likeness (QED) is 0.602. The molecule has 0 aliphatic rings. The van der Waals surface area contributed by atoms with Gasteiger partial charge in [-0.3, -0.25) is 4.79 Å². The van der Waals surface area contributed by atoms with Crippen LogP contribution in [0.15, 0.2) is 0 Å². The van der Waals surface area contributed by atoms with E-state index < -0.39 is 0 Å². The van der Waals surface area contributed by atoms with E-state index in [1.165, 1.54) is 0 Å². The van der Waals surface area contributed by atoms with Crippen LogP contribution < -0.4 is 10.6 Å². The number of thioether (sulfide) groups is 1. The number of nitrogens with one attached hydrogen (secondary N) is 2. The highest BCUT2D eigenvalue weighted by Gasteiger charge is 2.03. The molecule has 14 heavy (non-hydrogen) atoms. The number of hydrogen-bond donors (Lipinski definition) is 2. The van der Waals surface area contributed by atoms with Crippen LogP contribution in [0.1, 0.15) is 26.7 Å². The summed E-state index contributed by atoms with van der Waals surface area (Å²) in [6.45, 7) is 5.82. The fourth-order valence-electron chi connectivity index (χ4n) is 1.15. The molecule has 0 aliphatic heterocycles. The zero-order valence-electron chi connectivity index (χ0n) is 9.43. The van der Waals surface area contributed by atoms with Crippen molar-refractivity contribution < 1.29 is 4.79 Å². The van der Waals surface area contributed by atoms with E-state index in [4.69, 9.17) is 0 Å². The maximum atomic E-state index is 11.3. The van der Waals surface area contributed by atoms with Crippen LogP contribution in [0.5, 0.6) is 0 Å².